The van der Waals surface area contributed by atoms with E-state index in [-0.39, 0.29) is 0 Å². The summed E-state index contributed by atoms with van der Waals surface area (Å²) < 4.78 is 7.46. The second kappa shape index (κ2) is 11.4. The van der Waals surface area contributed by atoms with Gasteiger partial charge in [0.2, 0.25) is 0 Å². The van der Waals surface area contributed by atoms with Gasteiger partial charge in [0, 0.05) is 65.3 Å². The zero-order valence-electron chi connectivity index (χ0n) is 22.4. The number of aryl methyl sites for hydroxylation is 2. The van der Waals surface area contributed by atoms with Gasteiger partial charge in [-0.1, -0.05) is 11.6 Å². The topological polar surface area (TPSA) is 88.3 Å². The van der Waals surface area contributed by atoms with Gasteiger partial charge >= 0.3 is 0 Å². The fraction of sp³-hybridized carbons (Fsp3) is 0.414. The van der Waals surface area contributed by atoms with E-state index in [1.165, 1.54) is 0 Å². The first-order chi connectivity index (χ1) is 18.3. The third-order valence-electron chi connectivity index (χ3n) is 7.20. The average molecular weight is 535 g/mol. The lowest BCUT2D eigenvalue weighted by molar-refractivity contribution is 0.0129. The number of hydrogen-bond donors (Lipinski definition) is 2. The van der Waals surface area contributed by atoms with Crippen molar-refractivity contribution < 1.29 is 9.84 Å². The van der Waals surface area contributed by atoms with Gasteiger partial charge in [-0.15, -0.1) is 0 Å². The van der Waals surface area contributed by atoms with Crippen LogP contribution in [0, 0.1) is 13.8 Å². The molecule has 0 radical (unpaired) electrons. The molecular formula is C29H35ClN6O2. The third-order valence-corrected chi connectivity index (χ3v) is 7.44. The summed E-state index contributed by atoms with van der Waals surface area (Å²) in [4.78, 5) is 11.7. The largest absolute Gasteiger partial charge is 0.382 e. The first-order valence-electron chi connectivity index (χ1n) is 13.2. The predicted octanol–water partition coefficient (Wildman–Crippen LogP) is 5.50. The first kappa shape index (κ1) is 26.6. The van der Waals surface area contributed by atoms with Gasteiger partial charge in [-0.3, -0.25) is 9.58 Å². The molecule has 4 aromatic rings. The monoisotopic (exact) mass is 534 g/mol. The van der Waals surface area contributed by atoms with Crippen molar-refractivity contribution in [2.75, 3.05) is 25.6 Å². The molecule has 5 rings (SSSR count). The van der Waals surface area contributed by atoms with Crippen LogP contribution in [-0.4, -0.2) is 56.1 Å². The quantitative estimate of drug-likeness (QED) is 0.289. The van der Waals surface area contributed by atoms with Gasteiger partial charge in [-0.25, -0.2) is 9.97 Å². The molecular weight excluding hydrogens is 500 g/mol. The highest BCUT2D eigenvalue weighted by Gasteiger charge is 2.23. The minimum absolute atomic E-state index is 0.379. The van der Waals surface area contributed by atoms with E-state index in [2.05, 4.69) is 42.5 Å². The summed E-state index contributed by atoms with van der Waals surface area (Å²) >= 11 is 6.36. The van der Waals surface area contributed by atoms with E-state index in [9.17, 15) is 5.11 Å². The number of nitrogens with one attached hydrogen (secondary N) is 1. The molecule has 1 saturated heterocycles. The minimum Gasteiger partial charge on any atom is -0.382 e. The summed E-state index contributed by atoms with van der Waals surface area (Å²) in [6, 6.07) is 12.2. The van der Waals surface area contributed by atoms with Crippen molar-refractivity contribution in [3.05, 3.63) is 70.1 Å². The van der Waals surface area contributed by atoms with Crippen molar-refractivity contribution in [2.24, 2.45) is 0 Å². The van der Waals surface area contributed by atoms with Crippen LogP contribution in [0.2, 0.25) is 5.02 Å². The van der Waals surface area contributed by atoms with E-state index in [1.54, 1.807) is 0 Å². The van der Waals surface area contributed by atoms with Crippen molar-refractivity contribution in [1.29, 1.82) is 0 Å². The number of aromatic nitrogens is 4. The van der Waals surface area contributed by atoms with Crippen LogP contribution >= 0.6 is 11.6 Å². The summed E-state index contributed by atoms with van der Waals surface area (Å²) in [5.74, 6) is 0.566. The van der Waals surface area contributed by atoms with Crippen LogP contribution in [0.15, 0.2) is 42.6 Å². The maximum absolute atomic E-state index is 11.5. The number of hydrogen-bond acceptors (Lipinski definition) is 7. The van der Waals surface area contributed by atoms with Crippen LogP contribution in [-0.2, 0) is 17.8 Å². The summed E-state index contributed by atoms with van der Waals surface area (Å²) in [5.41, 5.74) is 6.45. The molecule has 2 N–H and O–H groups in total. The Kier molecular flexibility index (Phi) is 7.95. The molecule has 200 valence electrons. The van der Waals surface area contributed by atoms with Crippen LogP contribution in [0.25, 0.3) is 22.3 Å². The molecule has 9 heteroatoms. The molecule has 8 nitrogen and oxygen atoms in total. The predicted molar refractivity (Wildman–Crippen MR) is 151 cm³/mol. The van der Waals surface area contributed by atoms with E-state index in [1.807, 2.05) is 47.9 Å². The molecule has 2 aromatic carbocycles. The highest BCUT2D eigenvalue weighted by molar-refractivity contribution is 6.31. The molecule has 0 aliphatic carbocycles. The molecule has 3 heterocycles. The summed E-state index contributed by atoms with van der Waals surface area (Å²) in [6.45, 7) is 9.07. The van der Waals surface area contributed by atoms with Crippen LogP contribution in [0.5, 0.6) is 0 Å². The Balaban J connectivity index is 1.51. The zero-order chi connectivity index (χ0) is 26.8. The van der Waals surface area contributed by atoms with E-state index in [4.69, 9.17) is 26.3 Å². The van der Waals surface area contributed by atoms with E-state index < -0.39 is 6.23 Å². The number of aliphatic hydroxyl groups excluding tert-OH is 1. The Bertz CT molecular complexity index is 1430. The fourth-order valence-corrected chi connectivity index (χ4v) is 5.22. The minimum atomic E-state index is -0.966. The standard InChI is InChI=1S/C29H35ClN6O2/c1-5-36-19(3)21(16-31-36)17-35(4)29(37)27-25-15-22(30)6-7-26(25)33-28(34-27)20-12-18(2)13-24(14-20)32-23-8-10-38-11-9-23/h6-7,12-16,23,29,32,37H,5,8-11,17H2,1-4H3. The smallest absolute Gasteiger partial charge is 0.160 e. The van der Waals surface area contributed by atoms with Crippen LogP contribution in [0.3, 0.4) is 0 Å². The van der Waals surface area contributed by atoms with Crippen LogP contribution < -0.4 is 5.32 Å². The van der Waals surface area contributed by atoms with Gasteiger partial charge in [0.25, 0.3) is 0 Å². The average Bonchev–Trinajstić information content (AvgIpc) is 3.26. The number of rotatable bonds is 8. The molecule has 0 amide bonds. The van der Waals surface area contributed by atoms with Crippen molar-refractivity contribution in [3.8, 4) is 11.4 Å². The number of halogens is 1. The van der Waals surface area contributed by atoms with Crippen LogP contribution in [0.4, 0.5) is 5.69 Å². The summed E-state index contributed by atoms with van der Waals surface area (Å²) in [6.07, 6.45) is 2.86. The number of nitrogens with zero attached hydrogens (tertiary/aromatic N) is 5. The highest BCUT2D eigenvalue weighted by atomic mass is 35.5. The Morgan fingerprint density at radius 2 is 1.95 bits per heavy atom. The molecule has 0 bridgehead atoms. The summed E-state index contributed by atoms with van der Waals surface area (Å²) in [5, 5.41) is 20.9. The van der Waals surface area contributed by atoms with Crippen molar-refractivity contribution in [3.63, 3.8) is 0 Å². The van der Waals surface area contributed by atoms with Gasteiger partial charge in [0.05, 0.1) is 17.4 Å². The highest BCUT2D eigenvalue weighted by Crippen LogP contribution is 2.31. The Labute approximate surface area is 228 Å². The zero-order valence-corrected chi connectivity index (χ0v) is 23.2. The van der Waals surface area contributed by atoms with Crippen molar-refractivity contribution >= 4 is 28.2 Å². The molecule has 1 aliphatic heterocycles. The molecule has 1 fully saturated rings. The Morgan fingerprint density at radius 3 is 2.68 bits per heavy atom. The lowest BCUT2D eigenvalue weighted by Crippen LogP contribution is -2.27. The van der Waals surface area contributed by atoms with E-state index in [0.717, 1.165) is 71.6 Å². The second-order valence-electron chi connectivity index (χ2n) is 10.1. The van der Waals surface area contributed by atoms with Gasteiger partial charge in [0.1, 0.15) is 0 Å². The van der Waals surface area contributed by atoms with Gasteiger partial charge in [-0.2, -0.15) is 5.10 Å². The maximum Gasteiger partial charge on any atom is 0.160 e. The van der Waals surface area contributed by atoms with Gasteiger partial charge < -0.3 is 15.2 Å². The molecule has 1 unspecified atom stereocenters. The van der Waals surface area contributed by atoms with Crippen molar-refractivity contribution in [1.82, 2.24) is 24.6 Å². The molecule has 2 aromatic heterocycles. The molecule has 1 aliphatic rings. The summed E-state index contributed by atoms with van der Waals surface area (Å²) in [7, 11) is 1.88. The first-order valence-corrected chi connectivity index (χ1v) is 13.5. The molecule has 38 heavy (non-hydrogen) atoms. The number of fused-ring (bicyclic) bond motifs is 1. The van der Waals surface area contributed by atoms with Crippen LogP contribution in [0.1, 0.15) is 48.5 Å². The molecule has 0 spiro atoms. The Morgan fingerprint density at radius 1 is 1.16 bits per heavy atom. The van der Waals surface area contributed by atoms with E-state index >= 15 is 0 Å². The van der Waals surface area contributed by atoms with Crippen molar-refractivity contribution in [2.45, 2.75) is 59.0 Å². The van der Waals surface area contributed by atoms with E-state index in [0.29, 0.717) is 29.1 Å². The lowest BCUT2D eigenvalue weighted by atomic mass is 10.1. The third kappa shape index (κ3) is 5.68. The number of aliphatic hydroxyl groups is 1. The number of ether oxygens (including phenoxy) is 1. The molecule has 0 saturated carbocycles. The number of anilines is 1. The normalized spacial score (nSPS) is 15.3. The molecule has 1 atom stereocenters. The Hall–Kier alpha value is -3.04. The SMILES string of the molecule is CCn1ncc(CN(C)C(O)c2nc(-c3cc(C)cc(NC4CCOCC4)c3)nc3ccc(Cl)cc23)c1C. The lowest BCUT2D eigenvalue weighted by Gasteiger charge is -2.25. The number of benzene rings is 2. The van der Waals surface area contributed by atoms with Gasteiger partial charge in [0.15, 0.2) is 12.1 Å². The maximum atomic E-state index is 11.5. The fourth-order valence-electron chi connectivity index (χ4n) is 5.05. The van der Waals surface area contributed by atoms with Gasteiger partial charge in [-0.05, 0) is 82.6 Å². The second-order valence-corrected chi connectivity index (χ2v) is 10.5.